The summed E-state index contributed by atoms with van der Waals surface area (Å²) in [5.74, 6) is 0.675. The van der Waals surface area contributed by atoms with E-state index >= 15 is 0 Å². The fraction of sp³-hybridized carbons (Fsp3) is 0.933. The molecule has 0 aromatic heterocycles. The van der Waals surface area contributed by atoms with Gasteiger partial charge < -0.3 is 15.1 Å². The molecule has 1 atom stereocenters. The van der Waals surface area contributed by atoms with Crippen LogP contribution in [0.2, 0.25) is 0 Å². The summed E-state index contributed by atoms with van der Waals surface area (Å²) in [5.41, 5.74) is 0. The first-order chi connectivity index (χ1) is 9.29. The van der Waals surface area contributed by atoms with Gasteiger partial charge in [-0.1, -0.05) is 12.8 Å². The molecule has 0 aliphatic carbocycles. The Labute approximate surface area is 117 Å². The van der Waals surface area contributed by atoms with Crippen LogP contribution in [0.5, 0.6) is 0 Å². The van der Waals surface area contributed by atoms with Crippen molar-refractivity contribution in [2.75, 3.05) is 39.3 Å². The molecule has 4 heteroatoms. The number of rotatable bonds is 3. The molecule has 2 saturated heterocycles. The van der Waals surface area contributed by atoms with E-state index < -0.39 is 0 Å². The van der Waals surface area contributed by atoms with Gasteiger partial charge in [-0.15, -0.1) is 0 Å². The molecule has 0 spiro atoms. The maximum atomic E-state index is 11.9. The smallest absolute Gasteiger partial charge is 0.317 e. The summed E-state index contributed by atoms with van der Waals surface area (Å²) in [7, 11) is 0. The van der Waals surface area contributed by atoms with Crippen molar-refractivity contribution in [2.45, 2.75) is 45.4 Å². The van der Waals surface area contributed by atoms with Gasteiger partial charge in [0.1, 0.15) is 0 Å². The van der Waals surface area contributed by atoms with E-state index in [-0.39, 0.29) is 6.03 Å². The van der Waals surface area contributed by atoms with Crippen LogP contribution in [0.4, 0.5) is 4.79 Å². The number of carbonyl (C=O) groups excluding carboxylic acids is 1. The lowest BCUT2D eigenvalue weighted by Gasteiger charge is -2.35. The number of hydrogen-bond acceptors (Lipinski definition) is 2. The average Bonchev–Trinajstić information content (AvgIpc) is 2.68. The fourth-order valence-corrected chi connectivity index (χ4v) is 3.35. The van der Waals surface area contributed by atoms with Crippen LogP contribution in [0.25, 0.3) is 0 Å². The van der Waals surface area contributed by atoms with Gasteiger partial charge in [0.2, 0.25) is 0 Å². The fourth-order valence-electron chi connectivity index (χ4n) is 3.35. The number of nitrogens with zero attached hydrogens (tertiary/aromatic N) is 2. The van der Waals surface area contributed by atoms with E-state index in [0.717, 1.165) is 26.1 Å². The molecule has 1 N–H and O–H groups in total. The Morgan fingerprint density at radius 2 is 1.84 bits per heavy atom. The van der Waals surface area contributed by atoms with E-state index in [1.165, 1.54) is 51.7 Å². The highest BCUT2D eigenvalue weighted by molar-refractivity contribution is 5.74. The molecule has 2 aliphatic rings. The van der Waals surface area contributed by atoms with E-state index in [0.29, 0.717) is 5.92 Å². The molecular weight excluding hydrogens is 238 g/mol. The van der Waals surface area contributed by atoms with Gasteiger partial charge in [-0.25, -0.2) is 4.79 Å². The Morgan fingerprint density at radius 1 is 1.11 bits per heavy atom. The molecule has 0 aromatic carbocycles. The van der Waals surface area contributed by atoms with Gasteiger partial charge in [-0.3, -0.25) is 0 Å². The van der Waals surface area contributed by atoms with E-state index in [4.69, 9.17) is 0 Å². The average molecular weight is 267 g/mol. The largest absolute Gasteiger partial charge is 0.338 e. The van der Waals surface area contributed by atoms with Crippen molar-refractivity contribution in [2.24, 2.45) is 5.92 Å². The third-order valence-electron chi connectivity index (χ3n) is 4.35. The maximum absolute atomic E-state index is 11.9. The van der Waals surface area contributed by atoms with Gasteiger partial charge in [0.25, 0.3) is 0 Å². The molecule has 4 nitrogen and oxygen atoms in total. The van der Waals surface area contributed by atoms with Crippen molar-refractivity contribution in [1.82, 2.24) is 15.1 Å². The minimum atomic E-state index is 0.128. The van der Waals surface area contributed by atoms with E-state index in [9.17, 15) is 4.79 Å². The number of carbonyl (C=O) groups is 1. The van der Waals surface area contributed by atoms with Crippen molar-refractivity contribution in [1.29, 1.82) is 0 Å². The second-order valence-electron chi connectivity index (χ2n) is 6.00. The highest BCUT2D eigenvalue weighted by Crippen LogP contribution is 2.19. The van der Waals surface area contributed by atoms with E-state index in [2.05, 4.69) is 10.2 Å². The number of urea groups is 1. The van der Waals surface area contributed by atoms with Crippen molar-refractivity contribution in [3.05, 3.63) is 0 Å². The SMILES string of the molecule is CCNC(=O)N1CCCC(CN2CCCCCC2)C1. The second-order valence-corrected chi connectivity index (χ2v) is 6.00. The number of hydrogen-bond donors (Lipinski definition) is 1. The van der Waals surface area contributed by atoms with Crippen LogP contribution >= 0.6 is 0 Å². The highest BCUT2D eigenvalue weighted by Gasteiger charge is 2.25. The predicted octanol–water partition coefficient (Wildman–Crippen LogP) is 2.30. The molecule has 0 aromatic rings. The zero-order chi connectivity index (χ0) is 13.5. The Morgan fingerprint density at radius 3 is 2.53 bits per heavy atom. The molecule has 2 heterocycles. The van der Waals surface area contributed by atoms with Crippen LogP contribution in [0.3, 0.4) is 0 Å². The molecule has 2 rings (SSSR count). The van der Waals surface area contributed by atoms with Crippen molar-refractivity contribution in [3.8, 4) is 0 Å². The van der Waals surface area contributed by atoms with Crippen LogP contribution in [-0.2, 0) is 0 Å². The number of likely N-dealkylation sites (tertiary alicyclic amines) is 2. The molecule has 19 heavy (non-hydrogen) atoms. The zero-order valence-corrected chi connectivity index (χ0v) is 12.4. The predicted molar refractivity (Wildman–Crippen MR) is 78.3 cm³/mol. The summed E-state index contributed by atoms with van der Waals surface area (Å²) in [4.78, 5) is 16.5. The van der Waals surface area contributed by atoms with E-state index in [1.54, 1.807) is 0 Å². The first-order valence-electron chi connectivity index (χ1n) is 8.04. The molecule has 2 amide bonds. The van der Waals surface area contributed by atoms with Crippen LogP contribution in [0, 0.1) is 5.92 Å². The lowest BCUT2D eigenvalue weighted by Crippen LogP contribution is -2.47. The molecule has 0 bridgehead atoms. The van der Waals surface area contributed by atoms with Gasteiger partial charge in [0, 0.05) is 26.2 Å². The summed E-state index contributed by atoms with van der Waals surface area (Å²) >= 11 is 0. The Kier molecular flexibility index (Phi) is 5.95. The van der Waals surface area contributed by atoms with Crippen LogP contribution in [0.1, 0.15) is 45.4 Å². The lowest BCUT2D eigenvalue weighted by atomic mass is 9.97. The van der Waals surface area contributed by atoms with Crippen LogP contribution < -0.4 is 5.32 Å². The van der Waals surface area contributed by atoms with Gasteiger partial charge in [0.15, 0.2) is 0 Å². The van der Waals surface area contributed by atoms with Gasteiger partial charge in [-0.2, -0.15) is 0 Å². The lowest BCUT2D eigenvalue weighted by molar-refractivity contribution is 0.140. The Bertz CT molecular complexity index is 275. The van der Waals surface area contributed by atoms with Crippen LogP contribution in [0.15, 0.2) is 0 Å². The summed E-state index contributed by atoms with van der Waals surface area (Å²) in [5, 5.41) is 2.92. The van der Waals surface area contributed by atoms with Gasteiger partial charge in [-0.05, 0) is 51.6 Å². The topological polar surface area (TPSA) is 35.6 Å². The molecule has 2 aliphatic heterocycles. The minimum absolute atomic E-state index is 0.128. The summed E-state index contributed by atoms with van der Waals surface area (Å²) in [6, 6.07) is 0.128. The minimum Gasteiger partial charge on any atom is -0.338 e. The van der Waals surface area contributed by atoms with Crippen molar-refractivity contribution >= 4 is 6.03 Å². The van der Waals surface area contributed by atoms with E-state index in [1.807, 2.05) is 11.8 Å². The Hall–Kier alpha value is -0.770. The standard InChI is InChI=1S/C15H29N3O/c1-2-16-15(19)18-11-7-8-14(13-18)12-17-9-5-3-4-6-10-17/h14H,2-13H2,1H3,(H,16,19). The quantitative estimate of drug-likeness (QED) is 0.851. The molecular formula is C15H29N3O. The number of piperidine rings is 1. The maximum Gasteiger partial charge on any atom is 0.317 e. The van der Waals surface area contributed by atoms with Gasteiger partial charge >= 0.3 is 6.03 Å². The first kappa shape index (κ1) is 14.6. The molecule has 110 valence electrons. The monoisotopic (exact) mass is 267 g/mol. The highest BCUT2D eigenvalue weighted by atomic mass is 16.2. The van der Waals surface area contributed by atoms with Crippen molar-refractivity contribution < 1.29 is 4.79 Å². The summed E-state index contributed by atoms with van der Waals surface area (Å²) in [6.45, 7) is 8.30. The third kappa shape index (κ3) is 4.68. The summed E-state index contributed by atoms with van der Waals surface area (Å²) < 4.78 is 0. The van der Waals surface area contributed by atoms with Crippen molar-refractivity contribution in [3.63, 3.8) is 0 Å². The zero-order valence-electron chi connectivity index (χ0n) is 12.4. The number of amides is 2. The third-order valence-corrected chi connectivity index (χ3v) is 4.35. The first-order valence-corrected chi connectivity index (χ1v) is 8.04. The molecule has 1 unspecified atom stereocenters. The molecule has 2 fully saturated rings. The molecule has 0 radical (unpaired) electrons. The normalized spacial score (nSPS) is 25.9. The van der Waals surface area contributed by atoms with Gasteiger partial charge in [0.05, 0.1) is 0 Å². The Balaban J connectivity index is 1.78. The second kappa shape index (κ2) is 7.73. The number of nitrogens with one attached hydrogen (secondary N) is 1. The molecule has 0 saturated carbocycles. The summed E-state index contributed by atoms with van der Waals surface area (Å²) in [6.07, 6.45) is 7.94. The van der Waals surface area contributed by atoms with Crippen LogP contribution in [-0.4, -0.2) is 55.1 Å².